The van der Waals surface area contributed by atoms with Crippen LogP contribution >= 0.6 is 0 Å². The van der Waals surface area contributed by atoms with Crippen molar-refractivity contribution in [2.75, 3.05) is 5.32 Å². The molecule has 44 heavy (non-hydrogen) atoms. The Morgan fingerprint density at radius 2 is 1.25 bits per heavy atom. The van der Waals surface area contributed by atoms with E-state index in [1.807, 2.05) is 83.5 Å². The molecule has 2 N–H and O–H groups in total. The molecule has 2 aromatic heterocycles. The van der Waals surface area contributed by atoms with Crippen LogP contribution in [-0.2, 0) is 5.54 Å². The molecule has 7 aromatic rings. The molecule has 0 aliphatic rings. The van der Waals surface area contributed by atoms with Gasteiger partial charge in [0.15, 0.2) is 0 Å². The van der Waals surface area contributed by atoms with Crippen LogP contribution in [0.4, 0.5) is 5.69 Å². The van der Waals surface area contributed by atoms with Crippen LogP contribution in [0.3, 0.4) is 0 Å². The summed E-state index contributed by atoms with van der Waals surface area (Å²) in [6.45, 7) is 0. The Morgan fingerprint density at radius 1 is 0.659 bits per heavy atom. The average Bonchev–Trinajstić information content (AvgIpc) is 3.51. The van der Waals surface area contributed by atoms with Crippen LogP contribution < -0.4 is 5.32 Å². The molecule has 7 nitrogen and oxygen atoms in total. The molecule has 1 amide bonds. The molecule has 212 valence electrons. The van der Waals surface area contributed by atoms with Crippen LogP contribution in [0.2, 0.25) is 0 Å². The van der Waals surface area contributed by atoms with Crippen LogP contribution in [0.25, 0.3) is 22.4 Å². The summed E-state index contributed by atoms with van der Waals surface area (Å²) in [5.74, 6) is -0.125. The van der Waals surface area contributed by atoms with E-state index in [0.29, 0.717) is 22.6 Å². The van der Waals surface area contributed by atoms with Gasteiger partial charge in [0.1, 0.15) is 16.8 Å². The summed E-state index contributed by atoms with van der Waals surface area (Å²) in [6, 6.07) is 48.5. The summed E-state index contributed by atoms with van der Waals surface area (Å²) in [4.78, 5) is 17.9. The Kier molecular flexibility index (Phi) is 6.88. The van der Waals surface area contributed by atoms with Crippen LogP contribution in [-0.4, -0.2) is 31.0 Å². The minimum Gasteiger partial charge on any atom is -0.508 e. The lowest BCUT2D eigenvalue weighted by molar-refractivity contribution is 0.102. The fourth-order valence-corrected chi connectivity index (χ4v) is 5.70. The zero-order valence-corrected chi connectivity index (χ0v) is 23.6. The third kappa shape index (κ3) is 4.76. The van der Waals surface area contributed by atoms with Crippen LogP contribution in [0.15, 0.2) is 152 Å². The number of nitrogens with one attached hydrogen (secondary N) is 1. The summed E-state index contributed by atoms with van der Waals surface area (Å²) < 4.78 is 1.96. The van der Waals surface area contributed by atoms with E-state index in [1.165, 1.54) is 12.1 Å². The number of amides is 1. The highest BCUT2D eigenvalue weighted by molar-refractivity contribution is 6.05. The first-order chi connectivity index (χ1) is 21.6. The molecule has 0 unspecified atom stereocenters. The topological polar surface area (TPSA) is 92.9 Å². The number of anilines is 1. The van der Waals surface area contributed by atoms with Gasteiger partial charge in [0.2, 0.25) is 5.65 Å². The van der Waals surface area contributed by atoms with E-state index in [2.05, 4.69) is 46.8 Å². The van der Waals surface area contributed by atoms with Gasteiger partial charge in [-0.3, -0.25) is 4.79 Å². The lowest BCUT2D eigenvalue weighted by atomic mass is 9.77. The van der Waals surface area contributed by atoms with Gasteiger partial charge < -0.3 is 10.4 Å². The number of nitrogens with zero attached hydrogens (tertiary/aromatic N) is 4. The number of carbonyl (C=O) groups excluding carboxylic acids is 1. The molecule has 0 spiro atoms. The van der Waals surface area contributed by atoms with Crippen molar-refractivity contribution in [3.63, 3.8) is 0 Å². The number of aromatic nitrogens is 4. The van der Waals surface area contributed by atoms with Gasteiger partial charge in [0, 0.05) is 16.8 Å². The Morgan fingerprint density at radius 3 is 1.84 bits per heavy atom. The number of phenols is 1. The molecule has 5 aromatic carbocycles. The second-order valence-electron chi connectivity index (χ2n) is 10.4. The molecule has 0 aliphatic carbocycles. The van der Waals surface area contributed by atoms with Gasteiger partial charge in [-0.25, -0.2) is 9.67 Å². The van der Waals surface area contributed by atoms with Crippen molar-refractivity contribution >= 4 is 22.8 Å². The minimum absolute atomic E-state index is 0.136. The molecular formula is C37H27N5O2. The highest BCUT2D eigenvalue weighted by Gasteiger charge is 2.40. The maximum Gasteiger partial charge on any atom is 0.255 e. The van der Waals surface area contributed by atoms with Gasteiger partial charge in [-0.2, -0.15) is 0 Å². The van der Waals surface area contributed by atoms with Crippen LogP contribution in [0, 0.1) is 0 Å². The number of phenolic OH excluding ortho intramolecular Hbond substituents is 1. The number of aromatic hydroxyl groups is 1. The first-order valence-electron chi connectivity index (χ1n) is 14.2. The van der Waals surface area contributed by atoms with Gasteiger partial charge in [0.25, 0.3) is 5.91 Å². The van der Waals surface area contributed by atoms with Crippen molar-refractivity contribution in [2.24, 2.45) is 0 Å². The molecule has 0 radical (unpaired) electrons. The van der Waals surface area contributed by atoms with Crippen LogP contribution in [0.5, 0.6) is 5.75 Å². The Labute approximate surface area is 254 Å². The zero-order valence-electron chi connectivity index (χ0n) is 23.6. The molecule has 7 rings (SSSR count). The van der Waals surface area contributed by atoms with Gasteiger partial charge in [-0.05, 0) is 65.2 Å². The number of rotatable bonds is 7. The maximum atomic E-state index is 13.0. The third-order valence-corrected chi connectivity index (χ3v) is 7.75. The number of hydrogen-bond donors (Lipinski definition) is 2. The van der Waals surface area contributed by atoms with E-state index < -0.39 is 5.54 Å². The number of benzene rings is 5. The smallest absolute Gasteiger partial charge is 0.255 e. The monoisotopic (exact) mass is 573 g/mol. The van der Waals surface area contributed by atoms with Crippen molar-refractivity contribution < 1.29 is 9.90 Å². The van der Waals surface area contributed by atoms with Crippen molar-refractivity contribution in [2.45, 2.75) is 5.54 Å². The summed E-state index contributed by atoms with van der Waals surface area (Å²) in [6.07, 6.45) is 0. The Balaban J connectivity index is 1.33. The molecular weight excluding hydrogens is 546 g/mol. The summed E-state index contributed by atoms with van der Waals surface area (Å²) >= 11 is 0. The predicted octanol–water partition coefficient (Wildman–Crippen LogP) is 7.29. The normalized spacial score (nSPS) is 11.4. The van der Waals surface area contributed by atoms with Crippen molar-refractivity contribution in [3.8, 4) is 17.0 Å². The molecule has 0 atom stereocenters. The minimum atomic E-state index is -0.812. The fraction of sp³-hybridized carbons (Fsp3) is 0.0270. The zero-order chi connectivity index (χ0) is 29.9. The molecule has 2 heterocycles. The van der Waals surface area contributed by atoms with E-state index in [1.54, 1.807) is 24.3 Å². The lowest BCUT2D eigenvalue weighted by Crippen LogP contribution is -2.38. The quantitative estimate of drug-likeness (QED) is 0.154. The summed E-state index contributed by atoms with van der Waals surface area (Å²) in [5, 5.41) is 21.7. The molecule has 0 aliphatic heterocycles. The van der Waals surface area contributed by atoms with Crippen molar-refractivity contribution in [1.29, 1.82) is 0 Å². The number of hydrogen-bond acceptors (Lipinski definition) is 5. The predicted molar refractivity (Wildman–Crippen MR) is 171 cm³/mol. The second-order valence-corrected chi connectivity index (χ2v) is 10.4. The average molecular weight is 574 g/mol. The van der Waals surface area contributed by atoms with Gasteiger partial charge in [0.05, 0.1) is 5.69 Å². The summed E-state index contributed by atoms with van der Waals surface area (Å²) in [5.41, 5.74) is 6.11. The SMILES string of the molecule is O=C(Nc1ccc(O)cc1)c1cccc(-c2ccc3c(nnn3C(c3ccccc3)(c3ccccc3)c3ccccc3)n2)c1. The van der Waals surface area contributed by atoms with E-state index in [9.17, 15) is 9.90 Å². The molecule has 0 fully saturated rings. The molecule has 0 saturated carbocycles. The lowest BCUT2D eigenvalue weighted by Gasteiger charge is -2.36. The third-order valence-electron chi connectivity index (χ3n) is 7.75. The van der Waals surface area contributed by atoms with E-state index >= 15 is 0 Å². The number of carbonyl (C=O) groups is 1. The molecule has 7 heteroatoms. The highest BCUT2D eigenvalue weighted by atomic mass is 16.3. The Hall–Kier alpha value is -6.08. The van der Waals surface area contributed by atoms with E-state index in [4.69, 9.17) is 10.2 Å². The van der Waals surface area contributed by atoms with E-state index in [0.717, 1.165) is 27.8 Å². The van der Waals surface area contributed by atoms with Gasteiger partial charge in [-0.1, -0.05) is 108 Å². The maximum absolute atomic E-state index is 13.0. The first-order valence-corrected chi connectivity index (χ1v) is 14.2. The standard InChI is InChI=1S/C37H27N5O2/c43-32-21-19-31(20-22-32)38-36(44)27-12-10-11-26(25-27)33-23-24-34-35(39-33)40-41-42(34)37(28-13-4-1-5-14-28,29-15-6-2-7-16-29)30-17-8-3-9-18-30/h1-25,43H,(H,38,44). The highest BCUT2D eigenvalue weighted by Crippen LogP contribution is 2.41. The summed E-state index contributed by atoms with van der Waals surface area (Å²) in [7, 11) is 0. The first kappa shape index (κ1) is 26.8. The molecule has 0 bridgehead atoms. The number of fused-ring (bicyclic) bond motifs is 1. The fourth-order valence-electron chi connectivity index (χ4n) is 5.70. The second kappa shape index (κ2) is 11.3. The largest absolute Gasteiger partial charge is 0.508 e. The van der Waals surface area contributed by atoms with Crippen molar-refractivity contribution in [3.05, 3.63) is 174 Å². The Bertz CT molecular complexity index is 1960. The van der Waals surface area contributed by atoms with Gasteiger partial charge >= 0.3 is 0 Å². The van der Waals surface area contributed by atoms with E-state index in [-0.39, 0.29) is 11.7 Å². The molecule has 0 saturated heterocycles. The number of pyridine rings is 1. The van der Waals surface area contributed by atoms with Crippen LogP contribution in [0.1, 0.15) is 27.0 Å². The van der Waals surface area contributed by atoms with Crippen molar-refractivity contribution in [1.82, 2.24) is 20.0 Å². The van der Waals surface area contributed by atoms with Gasteiger partial charge in [-0.15, -0.1) is 5.10 Å².